The zero-order valence-corrected chi connectivity index (χ0v) is 10.5. The van der Waals surface area contributed by atoms with Crippen LogP contribution in [0, 0.1) is 0 Å². The van der Waals surface area contributed by atoms with Crippen molar-refractivity contribution in [2.75, 3.05) is 5.32 Å². The van der Waals surface area contributed by atoms with Crippen LogP contribution in [-0.2, 0) is 16.0 Å². The van der Waals surface area contributed by atoms with Gasteiger partial charge in [0.05, 0.1) is 5.56 Å². The molecule has 96 valence electrons. The van der Waals surface area contributed by atoms with E-state index in [0.29, 0.717) is 17.1 Å². The second-order valence-electron chi connectivity index (χ2n) is 3.99. The Morgan fingerprint density at radius 3 is 3.05 bits per heavy atom. The van der Waals surface area contributed by atoms with Gasteiger partial charge in [0.15, 0.2) is 6.10 Å². The quantitative estimate of drug-likeness (QED) is 0.834. The van der Waals surface area contributed by atoms with Gasteiger partial charge in [-0.1, -0.05) is 29.5 Å². The standard InChI is InChI=1S/C12H9N3O3S/c16-10(14-12-15-13-6-19-12)9-5-7-3-1-2-4-8(7)11(17)18-9/h1-4,6,9H,5H2,(H,14,15,16). The van der Waals surface area contributed by atoms with E-state index in [4.69, 9.17) is 4.74 Å². The number of aromatic nitrogens is 2. The molecular weight excluding hydrogens is 266 g/mol. The number of nitrogens with one attached hydrogen (secondary N) is 1. The lowest BCUT2D eigenvalue weighted by Crippen LogP contribution is -2.37. The molecule has 0 bridgehead atoms. The highest BCUT2D eigenvalue weighted by Gasteiger charge is 2.31. The summed E-state index contributed by atoms with van der Waals surface area (Å²) in [6.07, 6.45) is -0.460. The first-order valence-electron chi connectivity index (χ1n) is 5.60. The molecule has 1 atom stereocenters. The molecule has 3 rings (SSSR count). The molecule has 0 aliphatic carbocycles. The summed E-state index contributed by atoms with van der Waals surface area (Å²) in [4.78, 5) is 23.7. The maximum Gasteiger partial charge on any atom is 0.339 e. The summed E-state index contributed by atoms with van der Waals surface area (Å²) < 4.78 is 5.13. The second kappa shape index (κ2) is 4.77. The predicted octanol–water partition coefficient (Wildman–Crippen LogP) is 1.26. The van der Waals surface area contributed by atoms with Crippen LogP contribution in [0.5, 0.6) is 0 Å². The average Bonchev–Trinajstić information content (AvgIpc) is 2.91. The summed E-state index contributed by atoms with van der Waals surface area (Å²) in [7, 11) is 0. The molecule has 6 nitrogen and oxygen atoms in total. The molecule has 7 heteroatoms. The summed E-state index contributed by atoms with van der Waals surface area (Å²) in [6, 6.07) is 7.11. The maximum atomic E-state index is 12.0. The fourth-order valence-electron chi connectivity index (χ4n) is 1.89. The van der Waals surface area contributed by atoms with E-state index in [1.54, 1.807) is 12.1 Å². The first kappa shape index (κ1) is 11.8. The first-order valence-corrected chi connectivity index (χ1v) is 6.48. The van der Waals surface area contributed by atoms with Crippen molar-refractivity contribution < 1.29 is 14.3 Å². The van der Waals surface area contributed by atoms with Gasteiger partial charge in [0.25, 0.3) is 5.91 Å². The van der Waals surface area contributed by atoms with Crippen molar-refractivity contribution in [2.45, 2.75) is 12.5 Å². The Kier molecular flexibility index (Phi) is 2.96. The molecule has 1 aromatic carbocycles. The highest BCUT2D eigenvalue weighted by atomic mass is 32.1. The number of rotatable bonds is 2. The fourth-order valence-corrected chi connectivity index (χ4v) is 2.34. The van der Waals surface area contributed by atoms with E-state index < -0.39 is 12.1 Å². The van der Waals surface area contributed by atoms with Gasteiger partial charge < -0.3 is 4.74 Å². The van der Waals surface area contributed by atoms with Crippen LogP contribution < -0.4 is 5.32 Å². The van der Waals surface area contributed by atoms with Crippen LogP contribution in [0.25, 0.3) is 0 Å². The molecule has 0 saturated heterocycles. The smallest absolute Gasteiger partial charge is 0.339 e. The highest BCUT2D eigenvalue weighted by Crippen LogP contribution is 2.21. The minimum absolute atomic E-state index is 0.368. The van der Waals surface area contributed by atoms with Crippen molar-refractivity contribution in [3.8, 4) is 0 Å². The molecule has 1 N–H and O–H groups in total. The number of fused-ring (bicyclic) bond motifs is 1. The van der Waals surface area contributed by atoms with E-state index in [2.05, 4.69) is 15.5 Å². The topological polar surface area (TPSA) is 81.2 Å². The summed E-state index contributed by atoms with van der Waals surface area (Å²) in [5.74, 6) is -0.862. The van der Waals surface area contributed by atoms with Gasteiger partial charge in [-0.15, -0.1) is 10.2 Å². The van der Waals surface area contributed by atoms with E-state index in [1.807, 2.05) is 12.1 Å². The van der Waals surface area contributed by atoms with Crippen molar-refractivity contribution >= 4 is 28.3 Å². The lowest BCUT2D eigenvalue weighted by molar-refractivity contribution is -0.125. The molecule has 2 aromatic rings. The molecule has 1 aliphatic heterocycles. The molecule has 1 aromatic heterocycles. The highest BCUT2D eigenvalue weighted by molar-refractivity contribution is 7.13. The lowest BCUT2D eigenvalue weighted by atomic mass is 9.98. The summed E-state index contributed by atoms with van der Waals surface area (Å²) in [6.45, 7) is 0. The Balaban J connectivity index is 1.78. The predicted molar refractivity (Wildman–Crippen MR) is 67.9 cm³/mol. The van der Waals surface area contributed by atoms with Crippen molar-refractivity contribution in [2.24, 2.45) is 0 Å². The molecule has 0 saturated carbocycles. The van der Waals surface area contributed by atoms with Gasteiger partial charge in [-0.3, -0.25) is 10.1 Å². The number of hydrogen-bond acceptors (Lipinski definition) is 6. The van der Waals surface area contributed by atoms with Gasteiger partial charge in [-0.05, 0) is 11.6 Å². The normalized spacial score (nSPS) is 17.5. The van der Waals surface area contributed by atoms with Crippen molar-refractivity contribution in [3.63, 3.8) is 0 Å². The number of benzene rings is 1. The van der Waals surface area contributed by atoms with Gasteiger partial charge in [0.1, 0.15) is 5.51 Å². The second-order valence-corrected chi connectivity index (χ2v) is 4.82. The van der Waals surface area contributed by atoms with E-state index in [-0.39, 0.29) is 5.91 Å². The molecule has 1 amide bonds. The maximum absolute atomic E-state index is 12.0. The van der Waals surface area contributed by atoms with E-state index in [9.17, 15) is 9.59 Å². The van der Waals surface area contributed by atoms with Gasteiger partial charge >= 0.3 is 5.97 Å². The Labute approximate surface area is 112 Å². The largest absolute Gasteiger partial charge is 0.448 e. The molecule has 0 spiro atoms. The van der Waals surface area contributed by atoms with E-state index in [0.717, 1.165) is 5.56 Å². The third-order valence-corrected chi connectivity index (χ3v) is 3.38. The number of cyclic esters (lactones) is 1. The molecular formula is C12H9N3O3S. The van der Waals surface area contributed by atoms with Crippen LogP contribution in [0.1, 0.15) is 15.9 Å². The number of esters is 1. The van der Waals surface area contributed by atoms with Crippen molar-refractivity contribution in [3.05, 3.63) is 40.9 Å². The zero-order valence-electron chi connectivity index (χ0n) is 9.70. The number of hydrogen-bond donors (Lipinski definition) is 1. The van der Waals surface area contributed by atoms with Crippen molar-refractivity contribution in [1.82, 2.24) is 10.2 Å². The molecule has 0 fully saturated rings. The number of carbonyl (C=O) groups is 2. The van der Waals surface area contributed by atoms with Gasteiger partial charge in [-0.25, -0.2) is 4.79 Å². The summed E-state index contributed by atoms with van der Waals surface area (Å²) in [5, 5.41) is 10.3. The SMILES string of the molecule is O=C1OC(C(=O)Nc2nncs2)Cc2ccccc21. The number of amides is 1. The molecule has 19 heavy (non-hydrogen) atoms. The minimum Gasteiger partial charge on any atom is -0.448 e. The zero-order chi connectivity index (χ0) is 13.2. The third-order valence-electron chi connectivity index (χ3n) is 2.77. The third kappa shape index (κ3) is 2.32. The van der Waals surface area contributed by atoms with Crippen LogP contribution in [0.2, 0.25) is 0 Å². The monoisotopic (exact) mass is 275 g/mol. The number of ether oxygens (including phenoxy) is 1. The Bertz CT molecular complexity index is 627. The van der Waals surface area contributed by atoms with Gasteiger partial charge in [0, 0.05) is 6.42 Å². The van der Waals surface area contributed by atoms with E-state index in [1.165, 1.54) is 16.8 Å². The molecule has 0 radical (unpaired) electrons. The number of anilines is 1. The first-order chi connectivity index (χ1) is 9.24. The molecule has 1 aliphatic rings. The Hall–Kier alpha value is -2.28. The van der Waals surface area contributed by atoms with Gasteiger partial charge in [-0.2, -0.15) is 0 Å². The van der Waals surface area contributed by atoms with Crippen LogP contribution >= 0.6 is 11.3 Å². The van der Waals surface area contributed by atoms with Gasteiger partial charge in [0.2, 0.25) is 5.13 Å². The molecule has 1 unspecified atom stereocenters. The lowest BCUT2D eigenvalue weighted by Gasteiger charge is -2.23. The number of nitrogens with zero attached hydrogens (tertiary/aromatic N) is 2. The summed E-state index contributed by atoms with van der Waals surface area (Å²) in [5.41, 5.74) is 2.84. The molecule has 2 heterocycles. The van der Waals surface area contributed by atoms with Crippen LogP contribution in [0.15, 0.2) is 29.8 Å². The van der Waals surface area contributed by atoms with Crippen LogP contribution in [-0.4, -0.2) is 28.2 Å². The fraction of sp³-hybridized carbons (Fsp3) is 0.167. The minimum atomic E-state index is -0.828. The van der Waals surface area contributed by atoms with E-state index >= 15 is 0 Å². The Morgan fingerprint density at radius 2 is 2.26 bits per heavy atom. The summed E-state index contributed by atoms with van der Waals surface area (Å²) >= 11 is 1.21. The van der Waals surface area contributed by atoms with Crippen molar-refractivity contribution in [1.29, 1.82) is 0 Å². The Morgan fingerprint density at radius 1 is 1.42 bits per heavy atom. The average molecular weight is 275 g/mol. The number of carbonyl (C=O) groups excluding carboxylic acids is 2. The van der Waals surface area contributed by atoms with Crippen LogP contribution in [0.4, 0.5) is 5.13 Å². The van der Waals surface area contributed by atoms with Crippen LogP contribution in [0.3, 0.4) is 0 Å².